The van der Waals surface area contributed by atoms with E-state index < -0.39 is 16.1 Å². The topological polar surface area (TPSA) is 34.1 Å². The monoisotopic (exact) mass is 508 g/mol. The van der Waals surface area contributed by atoms with Gasteiger partial charge in [-0.3, -0.25) is 0 Å². The molecule has 0 unspecified atom stereocenters. The molecule has 0 atom stereocenters. The molecule has 0 aromatic heterocycles. The van der Waals surface area contributed by atoms with Crippen molar-refractivity contribution in [1.82, 2.24) is 0 Å². The molecule has 0 fully saturated rings. The fraction of sp³-hybridized carbons (Fsp3) is 0.867. The lowest BCUT2D eigenvalue weighted by atomic mass is 10.1. The van der Waals surface area contributed by atoms with Crippen LogP contribution in [0, 0.1) is 0 Å². The van der Waals surface area contributed by atoms with Crippen LogP contribution in [-0.2, 0) is 9.59 Å². The minimum Gasteiger partial charge on any atom is -0.305 e. The second kappa shape index (κ2) is 20.7. The van der Waals surface area contributed by atoms with Gasteiger partial charge in [0.25, 0.3) is 0 Å². The molecular formula is C30H60O2Si2. The standard InChI is InChI=1S/C30H60O2Si2/c1-7-9-11-13-15-17-19-21-25-29(31)33(3,4)27-23-24-28-34(5,6)30(32)26-22-20-18-16-14-12-10-8-2/h23-24H,7-22,25-28H2,1-6H3/b24-23+. The van der Waals surface area contributed by atoms with E-state index in [-0.39, 0.29) is 0 Å². The molecule has 0 radical (unpaired) electrons. The molecular weight excluding hydrogens is 449 g/mol. The molecule has 0 aliphatic rings. The second-order valence-electron chi connectivity index (χ2n) is 11.9. The van der Waals surface area contributed by atoms with Gasteiger partial charge in [-0.25, -0.2) is 0 Å². The van der Waals surface area contributed by atoms with Crippen LogP contribution in [0.25, 0.3) is 0 Å². The third kappa shape index (κ3) is 17.9. The highest BCUT2D eigenvalue weighted by atomic mass is 28.3. The Bertz CT molecular complexity index is 504. The average Bonchev–Trinajstić information content (AvgIpc) is 2.80. The minimum atomic E-state index is -1.85. The van der Waals surface area contributed by atoms with Crippen molar-refractivity contribution < 1.29 is 9.59 Å². The Morgan fingerprint density at radius 3 is 1.03 bits per heavy atom. The molecule has 0 spiro atoms. The van der Waals surface area contributed by atoms with Crippen molar-refractivity contribution in [3.05, 3.63) is 12.2 Å². The maximum absolute atomic E-state index is 12.8. The lowest BCUT2D eigenvalue weighted by molar-refractivity contribution is -0.113. The maximum Gasteiger partial charge on any atom is 0.130 e. The van der Waals surface area contributed by atoms with Crippen molar-refractivity contribution in [2.75, 3.05) is 0 Å². The van der Waals surface area contributed by atoms with Gasteiger partial charge in [-0.15, -0.1) is 0 Å². The first kappa shape index (κ1) is 33.5. The van der Waals surface area contributed by atoms with E-state index in [0.717, 1.165) is 37.8 Å². The number of allylic oxidation sites excluding steroid dienone is 2. The highest BCUT2D eigenvalue weighted by molar-refractivity contribution is 7.05. The van der Waals surface area contributed by atoms with Crippen LogP contribution >= 0.6 is 0 Å². The van der Waals surface area contributed by atoms with Crippen LogP contribution in [0.2, 0.25) is 38.3 Å². The second-order valence-corrected chi connectivity index (χ2v) is 21.4. The molecule has 0 N–H and O–H groups in total. The van der Waals surface area contributed by atoms with Gasteiger partial charge in [0.2, 0.25) is 0 Å². The summed E-state index contributed by atoms with van der Waals surface area (Å²) < 4.78 is 0. The molecule has 0 heterocycles. The fourth-order valence-corrected chi connectivity index (χ4v) is 8.17. The molecule has 0 saturated carbocycles. The molecule has 0 bridgehead atoms. The van der Waals surface area contributed by atoms with Gasteiger partial charge in [0, 0.05) is 12.8 Å². The zero-order chi connectivity index (χ0) is 25.7. The molecule has 34 heavy (non-hydrogen) atoms. The van der Waals surface area contributed by atoms with Crippen LogP contribution in [-0.4, -0.2) is 27.0 Å². The zero-order valence-corrected chi connectivity index (χ0v) is 26.1. The van der Waals surface area contributed by atoms with Crippen molar-refractivity contribution in [3.63, 3.8) is 0 Å². The average molecular weight is 509 g/mol. The van der Waals surface area contributed by atoms with Crippen molar-refractivity contribution in [2.24, 2.45) is 0 Å². The summed E-state index contributed by atoms with van der Waals surface area (Å²) in [5.74, 6) is 0. The van der Waals surface area contributed by atoms with Crippen LogP contribution in [0.1, 0.15) is 129 Å². The van der Waals surface area contributed by atoms with Crippen molar-refractivity contribution in [3.8, 4) is 0 Å². The smallest absolute Gasteiger partial charge is 0.130 e. The molecule has 0 saturated heterocycles. The van der Waals surface area contributed by atoms with Gasteiger partial charge in [0.05, 0.1) is 0 Å². The number of carbonyl (C=O) groups excluding carboxylic acids is 2. The summed E-state index contributed by atoms with van der Waals surface area (Å²) in [5.41, 5.74) is 0. The fourth-order valence-electron chi connectivity index (χ4n) is 4.50. The summed E-state index contributed by atoms with van der Waals surface area (Å²) in [4.78, 5) is 25.5. The summed E-state index contributed by atoms with van der Waals surface area (Å²) >= 11 is 0. The first-order valence-electron chi connectivity index (χ1n) is 14.9. The molecule has 0 aromatic carbocycles. The van der Waals surface area contributed by atoms with E-state index in [9.17, 15) is 9.59 Å². The van der Waals surface area contributed by atoms with E-state index in [1.807, 2.05) is 0 Å². The molecule has 200 valence electrons. The molecule has 0 rings (SSSR count). The summed E-state index contributed by atoms with van der Waals surface area (Å²) in [6, 6.07) is 1.86. The minimum absolute atomic E-state index is 0.533. The van der Waals surface area contributed by atoms with E-state index in [4.69, 9.17) is 0 Å². The molecule has 0 aromatic rings. The third-order valence-corrected chi connectivity index (χ3v) is 13.5. The van der Waals surface area contributed by atoms with Crippen molar-refractivity contribution in [2.45, 2.75) is 168 Å². The molecule has 0 aliphatic carbocycles. The number of carbonyl (C=O) groups is 2. The predicted molar refractivity (Wildman–Crippen MR) is 158 cm³/mol. The lowest BCUT2D eigenvalue weighted by Gasteiger charge is -2.20. The normalized spacial score (nSPS) is 12.5. The zero-order valence-electron chi connectivity index (χ0n) is 24.1. The highest BCUT2D eigenvalue weighted by Gasteiger charge is 2.30. The first-order chi connectivity index (χ1) is 16.2. The molecule has 0 amide bonds. The van der Waals surface area contributed by atoms with Crippen molar-refractivity contribution >= 4 is 27.0 Å². The van der Waals surface area contributed by atoms with E-state index in [2.05, 4.69) is 52.2 Å². The predicted octanol–water partition coefficient (Wildman–Crippen LogP) is 10.2. The Balaban J connectivity index is 4.06. The van der Waals surface area contributed by atoms with E-state index in [0.29, 0.717) is 10.8 Å². The summed E-state index contributed by atoms with van der Waals surface area (Å²) in [6.45, 7) is 13.4. The van der Waals surface area contributed by atoms with Gasteiger partial charge in [-0.05, 0) is 24.9 Å². The molecule has 2 nitrogen and oxygen atoms in total. The number of hydrogen-bond donors (Lipinski definition) is 0. The van der Waals surface area contributed by atoms with Crippen LogP contribution in [0.5, 0.6) is 0 Å². The highest BCUT2D eigenvalue weighted by Crippen LogP contribution is 2.20. The van der Waals surface area contributed by atoms with Crippen molar-refractivity contribution in [1.29, 1.82) is 0 Å². The summed E-state index contributed by atoms with van der Waals surface area (Å²) in [7, 11) is -3.71. The summed E-state index contributed by atoms with van der Waals surface area (Å²) in [5, 5.41) is 1.07. The van der Waals surface area contributed by atoms with Gasteiger partial charge in [-0.2, -0.15) is 0 Å². The molecule has 4 heteroatoms. The lowest BCUT2D eigenvalue weighted by Crippen LogP contribution is -2.37. The van der Waals surface area contributed by atoms with Crippen LogP contribution in [0.15, 0.2) is 12.2 Å². The molecule has 0 aliphatic heterocycles. The maximum atomic E-state index is 12.8. The Hall–Kier alpha value is -0.486. The Labute approximate surface area is 216 Å². The Kier molecular flexibility index (Phi) is 20.4. The van der Waals surface area contributed by atoms with Crippen LogP contribution in [0.4, 0.5) is 0 Å². The van der Waals surface area contributed by atoms with Gasteiger partial charge < -0.3 is 9.59 Å². The SMILES string of the molecule is CCCCCCCCCCC(=O)[Si](C)(C)C/C=C/C[Si](C)(C)C(=O)CCCCCCCCCC. The summed E-state index contributed by atoms with van der Waals surface area (Å²) in [6.07, 6.45) is 26.6. The van der Waals surface area contributed by atoms with Crippen LogP contribution < -0.4 is 0 Å². The largest absolute Gasteiger partial charge is 0.305 e. The quantitative estimate of drug-likeness (QED) is 0.0738. The third-order valence-electron chi connectivity index (χ3n) is 7.45. The Morgan fingerprint density at radius 2 is 0.735 bits per heavy atom. The van der Waals surface area contributed by atoms with Gasteiger partial charge >= 0.3 is 0 Å². The van der Waals surface area contributed by atoms with E-state index >= 15 is 0 Å². The van der Waals surface area contributed by atoms with Crippen LogP contribution in [0.3, 0.4) is 0 Å². The number of unbranched alkanes of at least 4 members (excludes halogenated alkanes) is 14. The number of hydrogen-bond acceptors (Lipinski definition) is 2. The van der Waals surface area contributed by atoms with Gasteiger partial charge in [0.15, 0.2) is 0 Å². The van der Waals surface area contributed by atoms with Gasteiger partial charge in [0.1, 0.15) is 27.0 Å². The first-order valence-corrected chi connectivity index (χ1v) is 21.3. The Morgan fingerprint density at radius 1 is 0.471 bits per heavy atom. The van der Waals surface area contributed by atoms with E-state index in [1.165, 1.54) is 89.9 Å². The van der Waals surface area contributed by atoms with Gasteiger partial charge in [-0.1, -0.05) is 142 Å². The van der Waals surface area contributed by atoms with E-state index in [1.54, 1.807) is 0 Å². The number of rotatable bonds is 24.